The first-order valence-electron chi connectivity index (χ1n) is 12.3. The van der Waals surface area contributed by atoms with E-state index in [2.05, 4.69) is 72.8 Å². The lowest BCUT2D eigenvalue weighted by atomic mass is 9.95. The molecule has 0 N–H and O–H groups in total. The minimum Gasteiger partial charge on any atom is -0.256 e. The van der Waals surface area contributed by atoms with Gasteiger partial charge in [-0.1, -0.05) is 78.9 Å². The number of aromatic nitrogens is 1. The number of hydrogen-bond acceptors (Lipinski definition) is 2. The van der Waals surface area contributed by atoms with E-state index in [0.29, 0.717) is 5.39 Å². The summed E-state index contributed by atoms with van der Waals surface area (Å²) < 4.78 is 16.0. The molecular weight excluding hydrogens is 473 g/mol. The summed E-state index contributed by atoms with van der Waals surface area (Å²) in [5, 5.41) is 4.80. The highest BCUT2D eigenvalue weighted by Crippen LogP contribution is 2.43. The van der Waals surface area contributed by atoms with E-state index in [1.165, 1.54) is 31.7 Å². The van der Waals surface area contributed by atoms with Gasteiger partial charge in [0.15, 0.2) is 0 Å². The van der Waals surface area contributed by atoms with Gasteiger partial charge in [0.25, 0.3) is 0 Å². The summed E-state index contributed by atoms with van der Waals surface area (Å²) in [7, 11) is 0. The number of pyridine rings is 1. The number of hydrogen-bond donors (Lipinski definition) is 0. The van der Waals surface area contributed by atoms with Gasteiger partial charge in [0.1, 0.15) is 5.82 Å². The molecule has 0 aliphatic carbocycles. The predicted molar refractivity (Wildman–Crippen MR) is 156 cm³/mol. The summed E-state index contributed by atoms with van der Waals surface area (Å²) >= 11 is 1.82. The van der Waals surface area contributed by atoms with Gasteiger partial charge < -0.3 is 0 Å². The van der Waals surface area contributed by atoms with Crippen LogP contribution in [0.5, 0.6) is 0 Å². The molecule has 1 nitrogen and oxygen atoms in total. The average molecular weight is 496 g/mol. The van der Waals surface area contributed by atoms with Crippen molar-refractivity contribution in [3.8, 4) is 32.8 Å². The third-order valence-electron chi connectivity index (χ3n) is 7.00. The largest absolute Gasteiger partial charge is 0.256 e. The number of aryl methyl sites for hydroxylation is 1. The first kappa shape index (κ1) is 21.9. The smallest absolute Gasteiger partial charge is 0.131 e. The van der Waals surface area contributed by atoms with Crippen molar-refractivity contribution in [2.45, 2.75) is 6.92 Å². The van der Waals surface area contributed by atoms with Gasteiger partial charge in [-0.2, -0.15) is 0 Å². The third-order valence-corrected chi connectivity index (χ3v) is 8.24. The molecule has 7 rings (SSSR count). The van der Waals surface area contributed by atoms with Gasteiger partial charge in [-0.25, -0.2) is 4.39 Å². The van der Waals surface area contributed by atoms with Gasteiger partial charge in [-0.05, 0) is 70.1 Å². The second kappa shape index (κ2) is 8.65. The van der Waals surface area contributed by atoms with E-state index in [1.54, 1.807) is 6.07 Å². The first-order chi connectivity index (χ1) is 18.2. The Kier molecular flexibility index (Phi) is 5.12. The zero-order valence-electron chi connectivity index (χ0n) is 20.2. The summed E-state index contributed by atoms with van der Waals surface area (Å²) in [6.45, 7) is 1.93. The van der Waals surface area contributed by atoms with Crippen LogP contribution < -0.4 is 0 Å². The van der Waals surface area contributed by atoms with E-state index < -0.39 is 0 Å². The summed E-state index contributed by atoms with van der Waals surface area (Å²) in [6, 6.07) is 37.4. The topological polar surface area (TPSA) is 12.9 Å². The molecule has 0 aliphatic rings. The highest BCUT2D eigenvalue weighted by Gasteiger charge is 2.16. The summed E-state index contributed by atoms with van der Waals surface area (Å²) in [6.07, 6.45) is 1.84. The fraction of sp³-hybridized carbons (Fsp3) is 0.0294. The SMILES string of the molecule is Cc1cc(F)c2ccc3c(-c4cc(-c5ccccc5)c5sc(-c6ccccc6)cc5c4)nccc3c2c1. The molecule has 0 bridgehead atoms. The maximum atomic E-state index is 14.7. The van der Waals surface area contributed by atoms with E-state index in [1.807, 2.05) is 54.8 Å². The number of benzene rings is 5. The lowest BCUT2D eigenvalue weighted by Gasteiger charge is -2.12. The Labute approximate surface area is 218 Å². The predicted octanol–water partition coefficient (Wildman–Crippen LogP) is 10.1. The van der Waals surface area contributed by atoms with Crippen LogP contribution in [0.1, 0.15) is 5.56 Å². The Hall–Kier alpha value is -4.34. The van der Waals surface area contributed by atoms with Gasteiger partial charge in [0.2, 0.25) is 0 Å². The minimum absolute atomic E-state index is 0.185. The molecule has 0 spiro atoms. The van der Waals surface area contributed by atoms with Crippen molar-refractivity contribution in [2.75, 3.05) is 0 Å². The van der Waals surface area contributed by atoms with Crippen LogP contribution in [0.2, 0.25) is 0 Å². The summed E-state index contributed by atoms with van der Waals surface area (Å²) in [5.41, 5.74) is 6.47. The molecule has 0 unspecified atom stereocenters. The average Bonchev–Trinajstić information content (AvgIpc) is 3.37. The Balaban J connectivity index is 1.52. The molecule has 0 amide bonds. The highest BCUT2D eigenvalue weighted by atomic mass is 32.1. The van der Waals surface area contributed by atoms with E-state index in [9.17, 15) is 4.39 Å². The van der Waals surface area contributed by atoms with Crippen LogP contribution >= 0.6 is 11.3 Å². The third kappa shape index (κ3) is 3.71. The van der Waals surface area contributed by atoms with E-state index in [4.69, 9.17) is 4.98 Å². The van der Waals surface area contributed by atoms with Gasteiger partial charge in [-0.15, -0.1) is 11.3 Å². The second-order valence-corrected chi connectivity index (χ2v) is 10.5. The molecule has 0 saturated heterocycles. The van der Waals surface area contributed by atoms with Crippen LogP contribution in [0.3, 0.4) is 0 Å². The molecule has 37 heavy (non-hydrogen) atoms. The zero-order valence-corrected chi connectivity index (χ0v) is 21.0. The Morgan fingerprint density at radius 3 is 2.14 bits per heavy atom. The van der Waals surface area contributed by atoms with Crippen molar-refractivity contribution < 1.29 is 4.39 Å². The zero-order chi connectivity index (χ0) is 24.9. The molecule has 0 radical (unpaired) electrons. The van der Waals surface area contributed by atoms with E-state index >= 15 is 0 Å². The van der Waals surface area contributed by atoms with Gasteiger partial charge in [0.05, 0.1) is 5.69 Å². The summed E-state index contributed by atoms with van der Waals surface area (Å²) in [5.74, 6) is -0.185. The van der Waals surface area contributed by atoms with Crippen LogP contribution in [0.4, 0.5) is 4.39 Å². The first-order valence-corrected chi connectivity index (χ1v) is 13.1. The quantitative estimate of drug-likeness (QED) is 0.222. The van der Waals surface area contributed by atoms with E-state index in [0.717, 1.165) is 33.0 Å². The maximum Gasteiger partial charge on any atom is 0.131 e. The maximum absolute atomic E-state index is 14.7. The molecule has 0 fully saturated rings. The molecule has 0 saturated carbocycles. The van der Waals surface area contributed by atoms with Crippen molar-refractivity contribution in [1.82, 2.24) is 4.98 Å². The lowest BCUT2D eigenvalue weighted by Crippen LogP contribution is -1.90. The Morgan fingerprint density at radius 2 is 1.35 bits per heavy atom. The molecular formula is C34H22FNS. The number of nitrogens with zero attached hydrogens (tertiary/aromatic N) is 1. The molecule has 2 heterocycles. The molecule has 0 atom stereocenters. The van der Waals surface area contributed by atoms with Crippen LogP contribution in [-0.4, -0.2) is 4.98 Å². The molecule has 3 heteroatoms. The number of fused-ring (bicyclic) bond motifs is 4. The number of halogens is 1. The molecule has 7 aromatic rings. The van der Waals surface area contributed by atoms with Gasteiger partial charge >= 0.3 is 0 Å². The number of rotatable bonds is 3. The molecule has 0 aliphatic heterocycles. The standard InChI is InChI=1S/C34H22FNS/c1-21-16-30-26-14-15-36-33(28(26)13-12-27(30)31(35)17-21)24-18-25-20-32(23-10-6-3-7-11-23)37-34(25)29(19-24)22-8-4-2-5-9-22/h2-20H,1H3. The van der Waals surface area contributed by atoms with Gasteiger partial charge in [-0.3, -0.25) is 4.98 Å². The van der Waals surface area contributed by atoms with Crippen molar-refractivity contribution in [1.29, 1.82) is 0 Å². The minimum atomic E-state index is -0.185. The number of thiophene rings is 1. The molecule has 2 aromatic heterocycles. The van der Waals surface area contributed by atoms with Crippen LogP contribution in [0, 0.1) is 12.7 Å². The van der Waals surface area contributed by atoms with Crippen molar-refractivity contribution in [3.63, 3.8) is 0 Å². The highest BCUT2D eigenvalue weighted by molar-refractivity contribution is 7.22. The Morgan fingerprint density at radius 1 is 0.622 bits per heavy atom. The van der Waals surface area contributed by atoms with E-state index in [-0.39, 0.29) is 5.82 Å². The fourth-order valence-electron chi connectivity index (χ4n) is 5.29. The molecule has 176 valence electrons. The van der Waals surface area contributed by atoms with Crippen LogP contribution in [0.15, 0.2) is 115 Å². The van der Waals surface area contributed by atoms with Crippen molar-refractivity contribution in [3.05, 3.63) is 127 Å². The van der Waals surface area contributed by atoms with Crippen LogP contribution in [-0.2, 0) is 0 Å². The monoisotopic (exact) mass is 495 g/mol. The van der Waals surface area contributed by atoms with Gasteiger partial charge in [0, 0.05) is 37.7 Å². The molecule has 5 aromatic carbocycles. The second-order valence-electron chi connectivity index (χ2n) is 9.45. The lowest BCUT2D eigenvalue weighted by molar-refractivity contribution is 0.639. The van der Waals surface area contributed by atoms with Crippen molar-refractivity contribution >= 4 is 43.0 Å². The van der Waals surface area contributed by atoms with Crippen LogP contribution in [0.25, 0.3) is 64.5 Å². The van der Waals surface area contributed by atoms with Crippen molar-refractivity contribution in [2.24, 2.45) is 0 Å². The Bertz CT molecular complexity index is 1940. The fourth-order valence-corrected chi connectivity index (χ4v) is 6.47. The summed E-state index contributed by atoms with van der Waals surface area (Å²) in [4.78, 5) is 6.09. The normalized spacial score (nSPS) is 11.5.